The number of benzene rings is 2. The van der Waals surface area contributed by atoms with Crippen LogP contribution >= 0.6 is 11.8 Å². The zero-order valence-corrected chi connectivity index (χ0v) is 17.7. The summed E-state index contributed by atoms with van der Waals surface area (Å²) in [6.45, 7) is 4.92. The third kappa shape index (κ3) is 3.56. The van der Waals surface area contributed by atoms with E-state index >= 15 is 0 Å². The molecule has 5 nitrogen and oxygen atoms in total. The van der Waals surface area contributed by atoms with E-state index in [1.807, 2.05) is 43.5 Å². The molecule has 1 unspecified atom stereocenters. The molecule has 2 N–H and O–H groups in total. The van der Waals surface area contributed by atoms with Crippen LogP contribution in [0.5, 0.6) is 0 Å². The minimum atomic E-state index is -3.87. The van der Waals surface area contributed by atoms with Gasteiger partial charge in [-0.1, -0.05) is 67.2 Å². The fourth-order valence-electron chi connectivity index (χ4n) is 2.89. The number of thioether (sulfide) groups is 1. The van der Waals surface area contributed by atoms with Crippen molar-refractivity contribution in [3.63, 3.8) is 0 Å². The monoisotopic (exact) mass is 416 g/mol. The average Bonchev–Trinajstić information content (AvgIpc) is 3.13. The molecule has 0 aliphatic carbocycles. The Hall–Kier alpha value is -2.25. The summed E-state index contributed by atoms with van der Waals surface area (Å²) in [6.07, 6.45) is 2.68. The zero-order chi connectivity index (χ0) is 20.4. The van der Waals surface area contributed by atoms with E-state index in [0.717, 1.165) is 16.9 Å². The summed E-state index contributed by atoms with van der Waals surface area (Å²) in [4.78, 5) is 13.5. The molecule has 0 saturated carbocycles. The van der Waals surface area contributed by atoms with Crippen LogP contribution in [0.4, 0.5) is 0 Å². The number of nitrogens with one attached hydrogen (secondary N) is 2. The molecule has 0 fully saturated rings. The Labute approximate surface area is 170 Å². The highest BCUT2D eigenvalue weighted by Gasteiger charge is 2.47. The first-order valence-electron chi connectivity index (χ1n) is 9.06. The lowest BCUT2D eigenvalue weighted by Gasteiger charge is -2.34. The Morgan fingerprint density at radius 3 is 2.18 bits per heavy atom. The fraction of sp³-hybridized carbons (Fsp3) is 0.286. The highest BCUT2D eigenvalue weighted by atomic mass is 32.2. The molecular weight excluding hydrogens is 392 g/mol. The van der Waals surface area contributed by atoms with Gasteiger partial charge in [-0.25, -0.2) is 8.42 Å². The largest absolute Gasteiger partial charge is 0.356 e. The maximum atomic E-state index is 13.2. The predicted octanol–water partition coefficient (Wildman–Crippen LogP) is 3.75. The van der Waals surface area contributed by atoms with Gasteiger partial charge in [-0.15, -0.1) is 0 Å². The van der Waals surface area contributed by atoms with Crippen molar-refractivity contribution in [2.45, 2.75) is 41.8 Å². The number of hydrogen-bond donors (Lipinski definition) is 2. The van der Waals surface area contributed by atoms with E-state index in [4.69, 9.17) is 0 Å². The summed E-state index contributed by atoms with van der Waals surface area (Å²) in [5.41, 5.74) is 0.848. The number of carbonyl (C=O) groups is 1. The minimum absolute atomic E-state index is 0.128. The highest BCUT2D eigenvalue weighted by Crippen LogP contribution is 2.43. The Balaban J connectivity index is 1.95. The predicted molar refractivity (Wildman–Crippen MR) is 113 cm³/mol. The molecule has 1 aliphatic heterocycles. The first-order chi connectivity index (χ1) is 13.2. The van der Waals surface area contributed by atoms with Crippen molar-refractivity contribution in [1.82, 2.24) is 10.6 Å². The van der Waals surface area contributed by atoms with Crippen molar-refractivity contribution in [3.8, 4) is 0 Å². The van der Waals surface area contributed by atoms with Crippen molar-refractivity contribution in [2.24, 2.45) is 0 Å². The van der Waals surface area contributed by atoms with Gasteiger partial charge in [0.2, 0.25) is 5.91 Å². The van der Waals surface area contributed by atoms with Crippen molar-refractivity contribution in [2.75, 3.05) is 0 Å². The molecule has 1 amide bonds. The molecule has 2 aromatic rings. The van der Waals surface area contributed by atoms with Gasteiger partial charge in [0, 0.05) is 16.7 Å². The van der Waals surface area contributed by atoms with E-state index in [1.54, 1.807) is 18.2 Å². The molecule has 2 aromatic carbocycles. The van der Waals surface area contributed by atoms with E-state index < -0.39 is 25.5 Å². The quantitative estimate of drug-likeness (QED) is 0.750. The maximum Gasteiger partial charge on any atom is 0.244 e. The topological polar surface area (TPSA) is 75.3 Å². The van der Waals surface area contributed by atoms with Gasteiger partial charge >= 0.3 is 0 Å². The zero-order valence-electron chi connectivity index (χ0n) is 16.1. The molecule has 0 spiro atoms. The average molecular weight is 417 g/mol. The Morgan fingerprint density at radius 1 is 1.07 bits per heavy atom. The summed E-state index contributed by atoms with van der Waals surface area (Å²) in [5.74, 6) is -0.564. The highest BCUT2D eigenvalue weighted by molar-refractivity contribution is 8.04. The molecule has 1 aliphatic rings. The number of carbonyl (C=O) groups excluding carboxylic acids is 1. The second-order valence-electron chi connectivity index (χ2n) is 7.04. The van der Waals surface area contributed by atoms with E-state index in [-0.39, 0.29) is 4.90 Å². The van der Waals surface area contributed by atoms with Gasteiger partial charge in [-0.3, -0.25) is 4.79 Å². The van der Waals surface area contributed by atoms with Crippen molar-refractivity contribution in [1.29, 1.82) is 0 Å². The van der Waals surface area contributed by atoms with Crippen LogP contribution in [-0.4, -0.2) is 19.1 Å². The van der Waals surface area contributed by atoms with Crippen LogP contribution in [0.15, 0.2) is 76.7 Å². The molecule has 148 valence electrons. The number of allylic oxidation sites excluding steroid dienone is 1. The lowest BCUT2D eigenvalue weighted by atomic mass is 10.1. The van der Waals surface area contributed by atoms with Crippen molar-refractivity contribution < 1.29 is 13.2 Å². The summed E-state index contributed by atoms with van der Waals surface area (Å²) in [7, 11) is -3.87. The van der Waals surface area contributed by atoms with Crippen LogP contribution in [-0.2, 0) is 19.6 Å². The molecule has 1 atom stereocenters. The van der Waals surface area contributed by atoms with E-state index in [9.17, 15) is 13.2 Å². The van der Waals surface area contributed by atoms with Crippen LogP contribution in [0.25, 0.3) is 0 Å². The van der Waals surface area contributed by atoms with E-state index in [2.05, 4.69) is 10.6 Å². The first-order valence-corrected chi connectivity index (χ1v) is 11.4. The number of sulfone groups is 1. The Bertz CT molecular complexity index is 987. The molecule has 0 bridgehead atoms. The second kappa shape index (κ2) is 7.64. The smallest absolute Gasteiger partial charge is 0.244 e. The van der Waals surface area contributed by atoms with Crippen LogP contribution < -0.4 is 10.6 Å². The molecule has 3 rings (SSSR count). The molecule has 0 saturated heterocycles. The summed E-state index contributed by atoms with van der Waals surface area (Å²) < 4.78 is 24.6. The number of rotatable bonds is 6. The van der Waals surface area contributed by atoms with Crippen molar-refractivity contribution >= 4 is 27.5 Å². The Kier molecular flexibility index (Phi) is 5.59. The van der Waals surface area contributed by atoms with E-state index in [1.165, 1.54) is 37.7 Å². The Morgan fingerprint density at radius 2 is 1.64 bits per heavy atom. The standard InChI is InChI=1S/C21H24N2O3S2/c1-4-17-15-22-21(27-17,16-11-7-5-8-12-16)23-19(24)20(2,3)28(25,26)18-13-9-6-10-14-18/h5-15,22H,4H2,1-3H3,(H,23,24). The van der Waals surface area contributed by atoms with Gasteiger partial charge in [0.25, 0.3) is 0 Å². The van der Waals surface area contributed by atoms with Gasteiger partial charge in [0.1, 0.15) is 4.75 Å². The molecule has 0 aromatic heterocycles. The van der Waals surface area contributed by atoms with Gasteiger partial charge in [0.05, 0.1) is 4.90 Å². The molecule has 7 heteroatoms. The van der Waals surface area contributed by atoms with Gasteiger partial charge < -0.3 is 10.6 Å². The second-order valence-corrected chi connectivity index (χ2v) is 10.9. The van der Waals surface area contributed by atoms with Gasteiger partial charge in [-0.2, -0.15) is 0 Å². The van der Waals surface area contributed by atoms with Gasteiger partial charge in [-0.05, 0) is 32.4 Å². The maximum absolute atomic E-state index is 13.2. The van der Waals surface area contributed by atoms with E-state index in [0.29, 0.717) is 0 Å². The molecule has 0 radical (unpaired) electrons. The first kappa shape index (κ1) is 20.5. The molecular formula is C21H24N2O3S2. The SMILES string of the molecule is CCC1=CNC(NC(=O)C(C)(C)S(=O)(=O)c2ccccc2)(c2ccccc2)S1. The van der Waals surface area contributed by atoms with Crippen LogP contribution in [0, 0.1) is 0 Å². The lowest BCUT2D eigenvalue weighted by molar-refractivity contribution is -0.124. The minimum Gasteiger partial charge on any atom is -0.356 e. The summed E-state index contributed by atoms with van der Waals surface area (Å²) in [6, 6.07) is 17.6. The fourth-order valence-corrected chi connectivity index (χ4v) is 5.46. The van der Waals surface area contributed by atoms with Crippen molar-refractivity contribution in [3.05, 3.63) is 77.3 Å². The van der Waals surface area contributed by atoms with Crippen LogP contribution in [0.1, 0.15) is 32.8 Å². The third-order valence-electron chi connectivity index (χ3n) is 4.81. The summed E-state index contributed by atoms with van der Waals surface area (Å²) in [5, 5.41) is 6.23. The number of amides is 1. The number of hydrogen-bond acceptors (Lipinski definition) is 5. The lowest BCUT2D eigenvalue weighted by Crippen LogP contribution is -2.57. The summed E-state index contributed by atoms with van der Waals surface area (Å²) >= 11 is 1.49. The third-order valence-corrected chi connectivity index (χ3v) is 8.66. The van der Waals surface area contributed by atoms with Gasteiger partial charge in [0.15, 0.2) is 14.8 Å². The van der Waals surface area contributed by atoms with Crippen LogP contribution in [0.2, 0.25) is 0 Å². The molecule has 1 heterocycles. The van der Waals surface area contributed by atoms with Crippen LogP contribution in [0.3, 0.4) is 0 Å². The normalized spacial score (nSPS) is 19.6. The molecule has 28 heavy (non-hydrogen) atoms.